The summed E-state index contributed by atoms with van der Waals surface area (Å²) in [6, 6.07) is 0. The van der Waals surface area contributed by atoms with Crippen LogP contribution in [0.4, 0.5) is 4.79 Å². The molecule has 6 nitrogen and oxygen atoms in total. The van der Waals surface area contributed by atoms with E-state index >= 15 is 0 Å². The summed E-state index contributed by atoms with van der Waals surface area (Å²) in [7, 11) is -3.10. The number of hydrogen-bond acceptors (Lipinski definition) is 5. The molecule has 1 amide bonds. The molecule has 2 atom stereocenters. The summed E-state index contributed by atoms with van der Waals surface area (Å²) in [5.41, 5.74) is -0.367. The summed E-state index contributed by atoms with van der Waals surface area (Å²) in [4.78, 5) is 12.6. The summed E-state index contributed by atoms with van der Waals surface area (Å²) >= 11 is 6.61. The van der Waals surface area contributed by atoms with Gasteiger partial charge in [-0.25, -0.2) is 0 Å². The molecule has 2 unspecified atom stereocenters. The van der Waals surface area contributed by atoms with Crippen molar-refractivity contribution in [3.63, 3.8) is 0 Å². The number of carbonyl (C=O) groups is 1. The van der Waals surface area contributed by atoms with Gasteiger partial charge in [0, 0.05) is 0 Å². The molecular formula is C18H41ClNO5PSi. The number of nitrogens with one attached hydrogen (secondary N) is 1. The first kappa shape index (κ1) is 27.1. The number of halogens is 1. The fourth-order valence-corrected chi connectivity index (χ4v) is 5.79. The summed E-state index contributed by atoms with van der Waals surface area (Å²) in [6.07, 6.45) is 2.66. The molecular weight excluding hydrogens is 405 g/mol. The van der Waals surface area contributed by atoms with Crippen LogP contribution in [-0.4, -0.2) is 66.2 Å². The van der Waals surface area contributed by atoms with Crippen molar-refractivity contribution in [1.29, 1.82) is 0 Å². The van der Waals surface area contributed by atoms with E-state index in [9.17, 15) is 4.79 Å². The Morgan fingerprint density at radius 1 is 0.963 bits per heavy atom. The van der Waals surface area contributed by atoms with Crippen LogP contribution in [0.1, 0.15) is 60.3 Å². The van der Waals surface area contributed by atoms with Gasteiger partial charge in [0.15, 0.2) is 0 Å². The molecule has 1 N–H and O–H groups in total. The second kappa shape index (κ2) is 11.9. The Balaban J connectivity index is 5.39. The first-order valence-electron chi connectivity index (χ1n) is 10.0. The van der Waals surface area contributed by atoms with Gasteiger partial charge >= 0.3 is 172 Å². The van der Waals surface area contributed by atoms with Crippen LogP contribution in [-0.2, 0) is 18.0 Å². The number of rotatable bonds is 14. The van der Waals surface area contributed by atoms with Crippen LogP contribution < -0.4 is 5.32 Å². The van der Waals surface area contributed by atoms with Crippen LogP contribution in [0.2, 0.25) is 0 Å². The van der Waals surface area contributed by atoms with Gasteiger partial charge in [-0.1, -0.05) is 0 Å². The van der Waals surface area contributed by atoms with Gasteiger partial charge in [-0.3, -0.25) is 0 Å². The van der Waals surface area contributed by atoms with Crippen molar-refractivity contribution in [2.75, 3.05) is 39.8 Å². The number of amides is 1. The van der Waals surface area contributed by atoms with Crippen molar-refractivity contribution in [3.05, 3.63) is 0 Å². The van der Waals surface area contributed by atoms with Gasteiger partial charge < -0.3 is 0 Å². The van der Waals surface area contributed by atoms with E-state index in [1.807, 2.05) is 54.6 Å². The molecule has 0 aliphatic heterocycles. The first-order valence-corrected chi connectivity index (χ1v) is 16.4. The predicted molar refractivity (Wildman–Crippen MR) is 118 cm³/mol. The minimum absolute atomic E-state index is 0.365. The maximum absolute atomic E-state index is 12.6. The van der Waals surface area contributed by atoms with Crippen LogP contribution in [0.5, 0.6) is 0 Å². The molecule has 0 spiro atoms. The summed E-state index contributed by atoms with van der Waals surface area (Å²) in [5, 5.41) is 2.94. The molecule has 0 aromatic rings. The third-order valence-electron chi connectivity index (χ3n) is 4.16. The molecule has 0 saturated carbocycles. The molecule has 0 heterocycles. The molecule has 27 heavy (non-hydrogen) atoms. The van der Waals surface area contributed by atoms with Crippen LogP contribution in [0.25, 0.3) is 0 Å². The second-order valence-electron chi connectivity index (χ2n) is 7.98. The molecule has 9 heteroatoms. The summed E-state index contributed by atoms with van der Waals surface area (Å²) in [5.74, 6) is -2.92. The monoisotopic (exact) mass is 445 g/mol. The average Bonchev–Trinajstić information content (AvgIpc) is 2.58. The Morgan fingerprint density at radius 2 is 1.37 bits per heavy atom. The quantitative estimate of drug-likeness (QED) is 0.294. The van der Waals surface area contributed by atoms with Gasteiger partial charge in [-0.15, -0.1) is 0 Å². The minimum atomic E-state index is -3.10. The second-order valence-corrected chi connectivity index (χ2v) is 20.5. The summed E-state index contributed by atoms with van der Waals surface area (Å²) < 4.78 is 24.0. The van der Waals surface area contributed by atoms with Gasteiger partial charge in [-0.2, -0.15) is 0 Å². The number of alkyl carbamates (subject to hydrolysis) is 1. The summed E-state index contributed by atoms with van der Waals surface area (Å²) in [6.45, 7) is 17.4. The Bertz CT molecular complexity index is 416. The van der Waals surface area contributed by atoms with E-state index in [0.29, 0.717) is 26.2 Å². The van der Waals surface area contributed by atoms with Crippen molar-refractivity contribution in [2.45, 2.75) is 71.8 Å². The third kappa shape index (κ3) is 9.91. The van der Waals surface area contributed by atoms with Gasteiger partial charge in [0.1, 0.15) is 0 Å². The Kier molecular flexibility index (Phi) is 12.0. The fraction of sp³-hybridized carbons (Fsp3) is 0.944. The fourth-order valence-electron chi connectivity index (χ4n) is 2.11. The van der Waals surface area contributed by atoms with Crippen molar-refractivity contribution in [1.82, 2.24) is 5.32 Å². The van der Waals surface area contributed by atoms with Gasteiger partial charge in [0.2, 0.25) is 0 Å². The van der Waals surface area contributed by atoms with E-state index in [-0.39, 0.29) is 11.5 Å². The van der Waals surface area contributed by atoms with E-state index in [4.69, 9.17) is 29.3 Å². The van der Waals surface area contributed by atoms with Crippen molar-refractivity contribution in [3.8, 4) is 0 Å². The normalized spacial score (nSPS) is 16.3. The van der Waals surface area contributed by atoms with E-state index in [2.05, 4.69) is 5.32 Å². The number of hydrogen-bond donors (Lipinski definition) is 1. The molecule has 0 rings (SSSR count). The van der Waals surface area contributed by atoms with Crippen LogP contribution >= 0.6 is 17.2 Å². The van der Waals surface area contributed by atoms with Crippen molar-refractivity contribution >= 4 is 32.1 Å². The molecule has 0 saturated heterocycles. The van der Waals surface area contributed by atoms with Gasteiger partial charge in [0.25, 0.3) is 0 Å². The zero-order chi connectivity index (χ0) is 21.2. The average molecular weight is 446 g/mol. The van der Waals surface area contributed by atoms with Gasteiger partial charge in [-0.05, 0) is 0 Å². The van der Waals surface area contributed by atoms with Crippen LogP contribution in [0.3, 0.4) is 0 Å². The maximum atomic E-state index is 12.6. The predicted octanol–water partition coefficient (Wildman–Crippen LogP) is 5.19. The Labute approximate surface area is 172 Å². The zero-order valence-electron chi connectivity index (χ0n) is 18.5. The van der Waals surface area contributed by atoms with E-state index in [1.54, 1.807) is 0 Å². The molecule has 0 radical (unpaired) electrons. The van der Waals surface area contributed by atoms with E-state index in [1.165, 1.54) is 0 Å². The van der Waals surface area contributed by atoms with Crippen LogP contribution in [0.15, 0.2) is 0 Å². The number of carbonyl (C=O) groups excluding carboxylic acids is 1. The van der Waals surface area contributed by atoms with E-state index < -0.39 is 20.9 Å². The Hall–Kier alpha value is 0.0869. The van der Waals surface area contributed by atoms with Crippen LogP contribution in [0, 0.1) is 0 Å². The molecule has 0 bridgehead atoms. The Morgan fingerprint density at radius 3 is 1.67 bits per heavy atom. The molecule has 0 fully saturated rings. The SMILES string of the molecule is CCCO[Si](OCCC)(OCCC)C(CC)NC(=O)OC(C)P(C)(C)(C)Cl. The van der Waals surface area contributed by atoms with E-state index in [0.717, 1.165) is 19.3 Å². The molecule has 0 aliphatic rings. The standard InChI is InChI=1S/C18H41ClNO5PSi/c1-9-13-22-27(23-14-10-2,24-15-11-3)17(12-4)20-18(21)25-16(5)26(6,7,8)19/h16-17H,9-15H2,1-8H3,(H,20,21). The zero-order valence-corrected chi connectivity index (χ0v) is 21.1. The molecule has 0 aromatic heterocycles. The van der Waals surface area contributed by atoms with Crippen molar-refractivity contribution in [2.24, 2.45) is 0 Å². The topological polar surface area (TPSA) is 66.0 Å². The van der Waals surface area contributed by atoms with Crippen molar-refractivity contribution < 1.29 is 22.8 Å². The number of ether oxygens (including phenoxy) is 1. The van der Waals surface area contributed by atoms with Gasteiger partial charge in [0.05, 0.1) is 0 Å². The first-order chi connectivity index (χ1) is 12.4. The molecule has 0 aliphatic carbocycles. The molecule has 164 valence electrons. The third-order valence-corrected chi connectivity index (χ3v) is 10.8. The molecule has 0 aromatic carbocycles.